The normalized spacial score (nSPS) is 13.0. The highest BCUT2D eigenvalue weighted by Crippen LogP contribution is 2.20. The molecule has 1 N–H and O–H groups in total. The molecule has 0 aromatic carbocycles. The van der Waals surface area contributed by atoms with Crippen LogP contribution in [-0.2, 0) is 0 Å². The van der Waals surface area contributed by atoms with Gasteiger partial charge in [-0.15, -0.1) is 0 Å². The summed E-state index contributed by atoms with van der Waals surface area (Å²) in [5.74, 6) is 0.841. The maximum absolute atomic E-state index is 8.94. The first-order valence-corrected chi connectivity index (χ1v) is 10.1. The highest BCUT2D eigenvalue weighted by atomic mass is 16.2. The number of aliphatic hydroxyl groups excluding tert-OH is 1. The van der Waals surface area contributed by atoms with Gasteiger partial charge < -0.3 is 5.11 Å². The van der Waals surface area contributed by atoms with Crippen LogP contribution >= 0.6 is 0 Å². The van der Waals surface area contributed by atoms with E-state index in [4.69, 9.17) is 5.11 Å². The molecule has 0 amide bonds. The first kappa shape index (κ1) is 21.7. The lowest BCUT2D eigenvalue weighted by atomic mass is 9.92. The van der Waals surface area contributed by atoms with E-state index in [2.05, 4.69) is 26.0 Å². The summed E-state index contributed by atoms with van der Waals surface area (Å²) in [5.41, 5.74) is 0. The average Bonchev–Trinajstić information content (AvgIpc) is 2.53. The summed E-state index contributed by atoms with van der Waals surface area (Å²) in [7, 11) is 0. The SMILES string of the molecule is CCCCCCCCCC=CCCCC(CCC)CCCO. The topological polar surface area (TPSA) is 20.2 Å². The lowest BCUT2D eigenvalue weighted by Gasteiger charge is -2.14. The van der Waals surface area contributed by atoms with E-state index in [9.17, 15) is 0 Å². The molecule has 1 unspecified atom stereocenters. The molecule has 0 aliphatic heterocycles. The lowest BCUT2D eigenvalue weighted by Crippen LogP contribution is -2.01. The molecule has 0 radical (unpaired) electrons. The summed E-state index contributed by atoms with van der Waals surface area (Å²) in [6.45, 7) is 4.91. The summed E-state index contributed by atoms with van der Waals surface area (Å²) >= 11 is 0. The van der Waals surface area contributed by atoms with E-state index < -0.39 is 0 Å². The van der Waals surface area contributed by atoms with Gasteiger partial charge in [0.2, 0.25) is 0 Å². The zero-order valence-electron chi connectivity index (χ0n) is 15.5. The van der Waals surface area contributed by atoms with Crippen LogP contribution in [0.15, 0.2) is 12.2 Å². The molecule has 0 fully saturated rings. The highest BCUT2D eigenvalue weighted by molar-refractivity contribution is 4.81. The quantitative estimate of drug-likeness (QED) is 0.225. The van der Waals surface area contributed by atoms with Crippen molar-refractivity contribution in [3.63, 3.8) is 0 Å². The predicted molar refractivity (Wildman–Crippen MR) is 100 cm³/mol. The van der Waals surface area contributed by atoms with Gasteiger partial charge in [-0.1, -0.05) is 83.8 Å². The standard InChI is InChI=1S/C21H42O/c1-3-5-6-7-8-9-10-11-12-13-14-15-18-21(17-4-2)19-16-20-22/h12-13,21-22H,3-11,14-20H2,1-2H3. The largest absolute Gasteiger partial charge is 0.396 e. The molecule has 0 saturated heterocycles. The maximum atomic E-state index is 8.94. The van der Waals surface area contributed by atoms with Crippen molar-refractivity contribution in [2.45, 2.75) is 110 Å². The van der Waals surface area contributed by atoms with Crippen molar-refractivity contribution in [1.82, 2.24) is 0 Å². The van der Waals surface area contributed by atoms with Gasteiger partial charge in [-0.05, 0) is 44.4 Å². The molecular formula is C21H42O. The molecule has 0 spiro atoms. The molecule has 0 bridgehead atoms. The number of hydrogen-bond donors (Lipinski definition) is 1. The fraction of sp³-hybridized carbons (Fsp3) is 0.905. The third kappa shape index (κ3) is 16.1. The first-order valence-electron chi connectivity index (χ1n) is 10.1. The van der Waals surface area contributed by atoms with Crippen molar-refractivity contribution < 1.29 is 5.11 Å². The van der Waals surface area contributed by atoms with Crippen LogP contribution in [0.3, 0.4) is 0 Å². The zero-order valence-corrected chi connectivity index (χ0v) is 15.5. The Kier molecular flexibility index (Phi) is 18.5. The van der Waals surface area contributed by atoms with Gasteiger partial charge in [-0.2, -0.15) is 0 Å². The Balaban J connectivity index is 3.37. The highest BCUT2D eigenvalue weighted by Gasteiger charge is 2.06. The van der Waals surface area contributed by atoms with Crippen LogP contribution in [0, 0.1) is 5.92 Å². The van der Waals surface area contributed by atoms with E-state index >= 15 is 0 Å². The minimum absolute atomic E-state index is 0.360. The first-order chi connectivity index (χ1) is 10.8. The molecule has 22 heavy (non-hydrogen) atoms. The van der Waals surface area contributed by atoms with Gasteiger partial charge in [0.25, 0.3) is 0 Å². The van der Waals surface area contributed by atoms with Crippen LogP contribution in [0.2, 0.25) is 0 Å². The summed E-state index contributed by atoms with van der Waals surface area (Å²) in [6, 6.07) is 0. The summed E-state index contributed by atoms with van der Waals surface area (Å²) in [5, 5.41) is 8.94. The van der Waals surface area contributed by atoms with Gasteiger partial charge >= 0.3 is 0 Å². The molecule has 132 valence electrons. The van der Waals surface area contributed by atoms with E-state index in [0.717, 1.165) is 12.3 Å². The van der Waals surface area contributed by atoms with Crippen molar-refractivity contribution in [2.24, 2.45) is 5.92 Å². The number of allylic oxidation sites excluding steroid dienone is 2. The Hall–Kier alpha value is -0.300. The smallest absolute Gasteiger partial charge is 0.0431 e. The Morgan fingerprint density at radius 3 is 1.86 bits per heavy atom. The number of aliphatic hydroxyl groups is 1. The van der Waals surface area contributed by atoms with Gasteiger partial charge in [0.1, 0.15) is 0 Å². The van der Waals surface area contributed by atoms with E-state index in [1.807, 2.05) is 0 Å². The maximum Gasteiger partial charge on any atom is 0.0431 e. The van der Waals surface area contributed by atoms with Gasteiger partial charge in [-0.25, -0.2) is 0 Å². The van der Waals surface area contributed by atoms with Crippen LogP contribution < -0.4 is 0 Å². The second-order valence-electron chi connectivity index (χ2n) is 6.83. The van der Waals surface area contributed by atoms with E-state index in [-0.39, 0.29) is 0 Å². The van der Waals surface area contributed by atoms with Gasteiger partial charge in [0.05, 0.1) is 0 Å². The van der Waals surface area contributed by atoms with E-state index in [1.165, 1.54) is 89.9 Å². The van der Waals surface area contributed by atoms with Crippen molar-refractivity contribution in [3.05, 3.63) is 12.2 Å². The Morgan fingerprint density at radius 2 is 1.23 bits per heavy atom. The Bertz CT molecular complexity index is 222. The molecule has 1 nitrogen and oxygen atoms in total. The minimum Gasteiger partial charge on any atom is -0.396 e. The lowest BCUT2D eigenvalue weighted by molar-refractivity contribution is 0.264. The summed E-state index contributed by atoms with van der Waals surface area (Å²) in [4.78, 5) is 0. The second-order valence-corrected chi connectivity index (χ2v) is 6.83. The Morgan fingerprint density at radius 1 is 0.636 bits per heavy atom. The molecular weight excluding hydrogens is 268 g/mol. The summed E-state index contributed by atoms with van der Waals surface area (Å²) in [6.07, 6.45) is 24.6. The number of rotatable bonds is 17. The molecule has 0 aromatic rings. The minimum atomic E-state index is 0.360. The van der Waals surface area contributed by atoms with Gasteiger partial charge in [0, 0.05) is 6.61 Å². The summed E-state index contributed by atoms with van der Waals surface area (Å²) < 4.78 is 0. The van der Waals surface area contributed by atoms with Crippen molar-refractivity contribution in [2.75, 3.05) is 6.61 Å². The van der Waals surface area contributed by atoms with Crippen LogP contribution in [-0.4, -0.2) is 11.7 Å². The van der Waals surface area contributed by atoms with Crippen molar-refractivity contribution in [3.8, 4) is 0 Å². The second kappa shape index (κ2) is 18.7. The molecule has 0 aliphatic rings. The van der Waals surface area contributed by atoms with Crippen LogP contribution in [0.4, 0.5) is 0 Å². The van der Waals surface area contributed by atoms with Crippen LogP contribution in [0.5, 0.6) is 0 Å². The van der Waals surface area contributed by atoms with Crippen LogP contribution in [0.25, 0.3) is 0 Å². The Labute approximate surface area is 140 Å². The third-order valence-electron chi connectivity index (χ3n) is 4.59. The zero-order chi connectivity index (χ0) is 16.3. The molecule has 0 heterocycles. The van der Waals surface area contributed by atoms with Gasteiger partial charge in [-0.3, -0.25) is 0 Å². The fourth-order valence-corrected chi connectivity index (χ4v) is 3.20. The predicted octanol–water partition coefficient (Wildman–Crippen LogP) is 7.04. The van der Waals surface area contributed by atoms with Crippen molar-refractivity contribution >= 4 is 0 Å². The molecule has 1 atom stereocenters. The fourth-order valence-electron chi connectivity index (χ4n) is 3.20. The number of hydrogen-bond acceptors (Lipinski definition) is 1. The molecule has 0 rings (SSSR count). The molecule has 1 heteroatoms. The third-order valence-corrected chi connectivity index (χ3v) is 4.59. The number of unbranched alkanes of at least 4 members (excludes halogenated alkanes) is 8. The van der Waals surface area contributed by atoms with Crippen LogP contribution in [0.1, 0.15) is 110 Å². The van der Waals surface area contributed by atoms with E-state index in [0.29, 0.717) is 6.61 Å². The van der Waals surface area contributed by atoms with Crippen molar-refractivity contribution in [1.29, 1.82) is 0 Å². The van der Waals surface area contributed by atoms with E-state index in [1.54, 1.807) is 0 Å². The molecule has 0 aliphatic carbocycles. The molecule has 0 aromatic heterocycles. The monoisotopic (exact) mass is 310 g/mol. The van der Waals surface area contributed by atoms with Gasteiger partial charge in [0.15, 0.2) is 0 Å². The molecule has 0 saturated carbocycles. The average molecular weight is 311 g/mol.